The van der Waals surface area contributed by atoms with Crippen LogP contribution in [0.1, 0.15) is 20.3 Å². The molecule has 0 saturated carbocycles. The van der Waals surface area contributed by atoms with Crippen LogP contribution in [0.5, 0.6) is 0 Å². The third-order valence-electron chi connectivity index (χ3n) is 3.80. The first kappa shape index (κ1) is 17.5. The Labute approximate surface area is 135 Å². The number of hydrogen-bond acceptors (Lipinski definition) is 5. The minimum absolute atomic E-state index is 0.195. The number of nitrogens with zero attached hydrogens (tertiary/aromatic N) is 1. The number of rotatable bonds is 8. The van der Waals surface area contributed by atoms with Crippen LogP contribution in [0.3, 0.4) is 0 Å². The normalized spacial score (nSPS) is 18.9. The van der Waals surface area contributed by atoms with Gasteiger partial charge in [-0.25, -0.2) is 9.18 Å². The molecule has 0 aromatic heterocycles. The van der Waals surface area contributed by atoms with Crippen LogP contribution in [0.15, 0.2) is 18.2 Å². The number of cyclic esters (lactones) is 1. The Balaban J connectivity index is 1.92. The largest absolute Gasteiger partial charge is 0.443 e. The second kappa shape index (κ2) is 8.12. The van der Waals surface area contributed by atoms with Crippen molar-refractivity contribution < 1.29 is 18.7 Å². The molecule has 1 aromatic carbocycles. The van der Waals surface area contributed by atoms with E-state index in [2.05, 4.69) is 12.2 Å². The summed E-state index contributed by atoms with van der Waals surface area (Å²) < 4.78 is 24.8. The zero-order valence-electron chi connectivity index (χ0n) is 13.5. The minimum Gasteiger partial charge on any atom is -0.443 e. The first-order valence-corrected chi connectivity index (χ1v) is 7.88. The molecule has 6 nitrogen and oxygen atoms in total. The Bertz CT molecular complexity index is 541. The zero-order valence-corrected chi connectivity index (χ0v) is 13.5. The van der Waals surface area contributed by atoms with Crippen LogP contribution in [-0.4, -0.2) is 44.5 Å². The fourth-order valence-corrected chi connectivity index (χ4v) is 2.23. The number of carbonyl (C=O) groups excluding carboxylic acids is 1. The highest BCUT2D eigenvalue weighted by molar-refractivity contribution is 5.90. The van der Waals surface area contributed by atoms with Gasteiger partial charge in [0.05, 0.1) is 30.6 Å². The van der Waals surface area contributed by atoms with Gasteiger partial charge in [0.1, 0.15) is 11.9 Å². The number of nitrogens with one attached hydrogen (secondary N) is 1. The van der Waals surface area contributed by atoms with Gasteiger partial charge in [-0.3, -0.25) is 4.90 Å². The number of carbonyl (C=O) groups is 1. The molecule has 1 saturated heterocycles. The third kappa shape index (κ3) is 4.56. The molecule has 128 valence electrons. The number of anilines is 2. The lowest BCUT2D eigenvalue weighted by Crippen LogP contribution is -2.27. The van der Waals surface area contributed by atoms with Crippen molar-refractivity contribution >= 4 is 17.5 Å². The lowest BCUT2D eigenvalue weighted by atomic mass is 10.2. The highest BCUT2D eigenvalue weighted by Gasteiger charge is 2.31. The van der Waals surface area contributed by atoms with Gasteiger partial charge in [-0.05, 0) is 31.5 Å². The molecule has 2 atom stereocenters. The molecular weight excluding hydrogens is 301 g/mol. The van der Waals surface area contributed by atoms with Gasteiger partial charge in [0.25, 0.3) is 0 Å². The molecule has 23 heavy (non-hydrogen) atoms. The maximum Gasteiger partial charge on any atom is 0.414 e. The molecule has 2 rings (SSSR count). The van der Waals surface area contributed by atoms with Gasteiger partial charge < -0.3 is 20.5 Å². The van der Waals surface area contributed by atoms with Crippen molar-refractivity contribution in [3.05, 3.63) is 24.0 Å². The van der Waals surface area contributed by atoms with E-state index in [1.54, 1.807) is 12.1 Å². The fraction of sp³-hybridized carbons (Fsp3) is 0.562. The molecule has 0 bridgehead atoms. The molecule has 3 N–H and O–H groups in total. The van der Waals surface area contributed by atoms with Crippen molar-refractivity contribution in [1.82, 2.24) is 0 Å². The molecule has 1 aliphatic rings. The second-order valence-electron chi connectivity index (χ2n) is 5.53. The molecule has 0 radical (unpaired) electrons. The predicted molar refractivity (Wildman–Crippen MR) is 87.3 cm³/mol. The van der Waals surface area contributed by atoms with Crippen LogP contribution in [-0.2, 0) is 9.47 Å². The van der Waals surface area contributed by atoms with Crippen LogP contribution in [0.25, 0.3) is 0 Å². The summed E-state index contributed by atoms with van der Waals surface area (Å²) in [7, 11) is 0. The van der Waals surface area contributed by atoms with Crippen LogP contribution in [0, 0.1) is 5.82 Å². The summed E-state index contributed by atoms with van der Waals surface area (Å²) in [4.78, 5) is 13.1. The van der Waals surface area contributed by atoms with Crippen LogP contribution in [0.4, 0.5) is 20.6 Å². The number of nitrogens with two attached hydrogens (primary N) is 1. The number of halogens is 1. The summed E-state index contributed by atoms with van der Waals surface area (Å²) in [6, 6.07) is 4.61. The van der Waals surface area contributed by atoms with E-state index >= 15 is 0 Å². The summed E-state index contributed by atoms with van der Waals surface area (Å²) in [6.45, 7) is 5.66. The standard InChI is InChI=1S/C16H24FN3O3/c1-3-11(2)22-7-6-19-15-5-4-12(8-14(15)17)20-10-13(9-18)23-16(20)21/h4-5,8,11,13,19H,3,6-7,9-10,18H2,1-2H3. The van der Waals surface area contributed by atoms with Crippen LogP contribution in [0.2, 0.25) is 0 Å². The average Bonchev–Trinajstić information content (AvgIpc) is 2.93. The maximum atomic E-state index is 14.2. The van der Waals surface area contributed by atoms with E-state index in [0.717, 1.165) is 6.42 Å². The SMILES string of the molecule is CCC(C)OCCNc1ccc(N2CC(CN)OC2=O)cc1F. The lowest BCUT2D eigenvalue weighted by Gasteiger charge is -2.15. The molecule has 1 heterocycles. The molecule has 1 amide bonds. The molecule has 7 heteroatoms. The van der Waals surface area contributed by atoms with Crippen molar-refractivity contribution in [3.8, 4) is 0 Å². The average molecular weight is 325 g/mol. The van der Waals surface area contributed by atoms with Gasteiger partial charge in [0, 0.05) is 13.1 Å². The summed E-state index contributed by atoms with van der Waals surface area (Å²) in [5.74, 6) is -0.421. The van der Waals surface area contributed by atoms with Gasteiger partial charge in [0.15, 0.2) is 0 Å². The Kier molecular flexibility index (Phi) is 6.18. The quantitative estimate of drug-likeness (QED) is 0.718. The Morgan fingerprint density at radius 3 is 2.96 bits per heavy atom. The van der Waals surface area contributed by atoms with Crippen molar-refractivity contribution in [2.45, 2.75) is 32.5 Å². The third-order valence-corrected chi connectivity index (χ3v) is 3.80. The van der Waals surface area contributed by atoms with E-state index in [0.29, 0.717) is 31.1 Å². The molecule has 1 aliphatic heterocycles. The number of amides is 1. The smallest absolute Gasteiger partial charge is 0.414 e. The molecule has 0 aliphatic carbocycles. The van der Waals surface area contributed by atoms with Crippen LogP contribution >= 0.6 is 0 Å². The Morgan fingerprint density at radius 1 is 1.57 bits per heavy atom. The molecule has 2 unspecified atom stereocenters. The summed E-state index contributed by atoms with van der Waals surface area (Å²) >= 11 is 0. The topological polar surface area (TPSA) is 76.8 Å². The van der Waals surface area contributed by atoms with Gasteiger partial charge in [-0.1, -0.05) is 6.92 Å². The molecule has 0 spiro atoms. The highest BCUT2D eigenvalue weighted by Crippen LogP contribution is 2.25. The first-order chi connectivity index (χ1) is 11.0. The first-order valence-electron chi connectivity index (χ1n) is 7.88. The van der Waals surface area contributed by atoms with Gasteiger partial charge in [0.2, 0.25) is 0 Å². The van der Waals surface area contributed by atoms with E-state index in [1.807, 2.05) is 6.92 Å². The zero-order chi connectivity index (χ0) is 16.8. The van der Waals surface area contributed by atoms with Crippen molar-refractivity contribution in [2.24, 2.45) is 5.73 Å². The van der Waals surface area contributed by atoms with E-state index < -0.39 is 11.9 Å². The maximum absolute atomic E-state index is 14.2. The Morgan fingerprint density at radius 2 is 2.35 bits per heavy atom. The van der Waals surface area contributed by atoms with E-state index in [1.165, 1.54) is 11.0 Å². The molecular formula is C16H24FN3O3. The van der Waals surface area contributed by atoms with E-state index in [-0.39, 0.29) is 18.8 Å². The van der Waals surface area contributed by atoms with Gasteiger partial charge in [-0.15, -0.1) is 0 Å². The fourth-order valence-electron chi connectivity index (χ4n) is 2.23. The van der Waals surface area contributed by atoms with Crippen LogP contribution < -0.4 is 16.0 Å². The van der Waals surface area contributed by atoms with E-state index in [4.69, 9.17) is 15.2 Å². The number of hydrogen-bond donors (Lipinski definition) is 2. The highest BCUT2D eigenvalue weighted by atomic mass is 19.1. The van der Waals surface area contributed by atoms with Gasteiger partial charge >= 0.3 is 6.09 Å². The number of ether oxygens (including phenoxy) is 2. The second-order valence-corrected chi connectivity index (χ2v) is 5.53. The summed E-state index contributed by atoms with van der Waals surface area (Å²) in [5.41, 5.74) is 6.33. The minimum atomic E-state index is -0.498. The number of benzene rings is 1. The molecule has 1 fully saturated rings. The lowest BCUT2D eigenvalue weighted by molar-refractivity contribution is 0.0712. The van der Waals surface area contributed by atoms with Crippen molar-refractivity contribution in [2.75, 3.05) is 36.5 Å². The van der Waals surface area contributed by atoms with E-state index in [9.17, 15) is 9.18 Å². The van der Waals surface area contributed by atoms with Gasteiger partial charge in [-0.2, -0.15) is 0 Å². The molecule has 1 aromatic rings. The Hall–Kier alpha value is -1.86. The predicted octanol–water partition coefficient (Wildman–Crippen LogP) is 2.34. The van der Waals surface area contributed by atoms with Crippen molar-refractivity contribution in [1.29, 1.82) is 0 Å². The van der Waals surface area contributed by atoms with Crippen molar-refractivity contribution in [3.63, 3.8) is 0 Å². The summed E-state index contributed by atoms with van der Waals surface area (Å²) in [6.07, 6.45) is 0.294. The monoisotopic (exact) mass is 325 g/mol. The summed E-state index contributed by atoms with van der Waals surface area (Å²) in [5, 5.41) is 2.99.